The summed E-state index contributed by atoms with van der Waals surface area (Å²) in [5.41, 5.74) is 7.76. The van der Waals surface area contributed by atoms with E-state index in [0.29, 0.717) is 5.92 Å². The smallest absolute Gasteiger partial charge is 0.0757 e. The molecule has 0 bridgehead atoms. The second kappa shape index (κ2) is 8.16. The van der Waals surface area contributed by atoms with Crippen molar-refractivity contribution in [3.8, 4) is 0 Å². The number of benzene rings is 1. The van der Waals surface area contributed by atoms with Gasteiger partial charge in [-0.1, -0.05) is 47.3 Å². The van der Waals surface area contributed by atoms with Crippen LogP contribution in [0.15, 0.2) is 28.7 Å². The van der Waals surface area contributed by atoms with Crippen molar-refractivity contribution in [2.24, 2.45) is 11.7 Å². The third kappa shape index (κ3) is 4.57. The quantitative estimate of drug-likeness (QED) is 0.838. The molecule has 0 saturated heterocycles. The molecule has 0 heterocycles. The van der Waals surface area contributed by atoms with Crippen molar-refractivity contribution in [1.29, 1.82) is 0 Å². The summed E-state index contributed by atoms with van der Waals surface area (Å²) in [4.78, 5) is 0. The summed E-state index contributed by atoms with van der Waals surface area (Å²) in [6, 6.07) is 8.52. The van der Waals surface area contributed by atoms with Gasteiger partial charge in [-0.15, -0.1) is 0 Å². The standard InChI is InChI=1S/C17H26BrNO/c1-2-20-17(14-8-4-3-5-9-14)16(19)12-13-7-6-10-15(18)11-13/h6-7,10-11,14,16-17H,2-5,8-9,12,19H2,1H3. The molecule has 1 saturated carbocycles. The zero-order valence-corrected chi connectivity index (χ0v) is 13.9. The van der Waals surface area contributed by atoms with E-state index in [1.807, 2.05) is 0 Å². The Hall–Kier alpha value is -0.380. The van der Waals surface area contributed by atoms with Gasteiger partial charge >= 0.3 is 0 Å². The van der Waals surface area contributed by atoms with Crippen molar-refractivity contribution in [1.82, 2.24) is 0 Å². The Labute approximate surface area is 131 Å². The Morgan fingerprint density at radius 3 is 2.70 bits per heavy atom. The number of halogens is 1. The van der Waals surface area contributed by atoms with E-state index in [4.69, 9.17) is 10.5 Å². The van der Waals surface area contributed by atoms with Crippen LogP contribution >= 0.6 is 15.9 Å². The van der Waals surface area contributed by atoms with Gasteiger partial charge in [-0.25, -0.2) is 0 Å². The van der Waals surface area contributed by atoms with Crippen molar-refractivity contribution in [2.75, 3.05) is 6.61 Å². The lowest BCUT2D eigenvalue weighted by Crippen LogP contribution is -2.44. The summed E-state index contributed by atoms with van der Waals surface area (Å²) in [5, 5.41) is 0. The van der Waals surface area contributed by atoms with E-state index in [9.17, 15) is 0 Å². The molecule has 1 aromatic carbocycles. The van der Waals surface area contributed by atoms with Gasteiger partial charge in [-0.05, 0) is 49.8 Å². The molecule has 0 aromatic heterocycles. The second-order valence-electron chi connectivity index (χ2n) is 5.82. The minimum absolute atomic E-state index is 0.0901. The summed E-state index contributed by atoms with van der Waals surface area (Å²) in [6.45, 7) is 2.83. The molecule has 1 aliphatic carbocycles. The van der Waals surface area contributed by atoms with Crippen LogP contribution in [0.2, 0.25) is 0 Å². The fourth-order valence-electron chi connectivity index (χ4n) is 3.32. The number of rotatable bonds is 6. The van der Waals surface area contributed by atoms with Crippen LogP contribution in [0.1, 0.15) is 44.6 Å². The van der Waals surface area contributed by atoms with Gasteiger partial charge in [0.1, 0.15) is 0 Å². The Balaban J connectivity index is 2.00. The maximum atomic E-state index is 6.48. The molecule has 0 spiro atoms. The molecule has 1 aliphatic rings. The Bertz CT molecular complexity index is 404. The Morgan fingerprint density at radius 2 is 2.05 bits per heavy atom. The maximum Gasteiger partial charge on any atom is 0.0757 e. The first-order valence-electron chi connectivity index (χ1n) is 7.82. The molecule has 2 rings (SSSR count). The molecule has 2 unspecified atom stereocenters. The van der Waals surface area contributed by atoms with Gasteiger partial charge in [0.05, 0.1) is 6.10 Å². The van der Waals surface area contributed by atoms with Crippen LogP contribution in [0.25, 0.3) is 0 Å². The minimum Gasteiger partial charge on any atom is -0.377 e. The zero-order chi connectivity index (χ0) is 14.4. The number of hydrogen-bond acceptors (Lipinski definition) is 2. The zero-order valence-electron chi connectivity index (χ0n) is 12.4. The summed E-state index contributed by atoms with van der Waals surface area (Å²) in [5.74, 6) is 0.644. The van der Waals surface area contributed by atoms with E-state index in [-0.39, 0.29) is 12.1 Å². The third-order valence-corrected chi connectivity index (χ3v) is 4.75. The van der Waals surface area contributed by atoms with Gasteiger partial charge in [0.15, 0.2) is 0 Å². The largest absolute Gasteiger partial charge is 0.377 e. The first-order chi connectivity index (χ1) is 9.70. The van der Waals surface area contributed by atoms with Gasteiger partial charge in [0, 0.05) is 17.1 Å². The predicted molar refractivity (Wildman–Crippen MR) is 87.8 cm³/mol. The molecule has 0 aliphatic heterocycles. The fourth-order valence-corrected chi connectivity index (χ4v) is 3.76. The summed E-state index contributed by atoms with van der Waals surface area (Å²) in [6.07, 6.45) is 7.68. The van der Waals surface area contributed by atoms with Crippen LogP contribution in [0, 0.1) is 5.92 Å². The van der Waals surface area contributed by atoms with Crippen LogP contribution in [-0.4, -0.2) is 18.8 Å². The van der Waals surface area contributed by atoms with Crippen LogP contribution in [0.5, 0.6) is 0 Å². The molecule has 0 radical (unpaired) electrons. The van der Waals surface area contributed by atoms with Gasteiger partial charge in [0.2, 0.25) is 0 Å². The van der Waals surface area contributed by atoms with Gasteiger partial charge in [-0.3, -0.25) is 0 Å². The molecule has 20 heavy (non-hydrogen) atoms. The highest BCUT2D eigenvalue weighted by atomic mass is 79.9. The molecule has 0 amide bonds. The molecule has 3 heteroatoms. The number of hydrogen-bond donors (Lipinski definition) is 1. The Morgan fingerprint density at radius 1 is 1.30 bits per heavy atom. The second-order valence-corrected chi connectivity index (χ2v) is 6.73. The highest BCUT2D eigenvalue weighted by Gasteiger charge is 2.29. The third-order valence-electron chi connectivity index (χ3n) is 4.26. The average molecular weight is 340 g/mol. The molecule has 2 atom stereocenters. The van der Waals surface area contributed by atoms with Crippen molar-refractivity contribution < 1.29 is 4.74 Å². The minimum atomic E-state index is 0.0901. The highest BCUT2D eigenvalue weighted by Crippen LogP contribution is 2.30. The first-order valence-corrected chi connectivity index (χ1v) is 8.61. The molecule has 2 N–H and O–H groups in total. The number of ether oxygens (including phenoxy) is 1. The lowest BCUT2D eigenvalue weighted by molar-refractivity contribution is -0.00912. The first kappa shape index (κ1) is 16.0. The molecule has 112 valence electrons. The van der Waals surface area contributed by atoms with E-state index in [1.54, 1.807) is 0 Å². The van der Waals surface area contributed by atoms with Gasteiger partial charge < -0.3 is 10.5 Å². The van der Waals surface area contributed by atoms with Crippen molar-refractivity contribution in [3.63, 3.8) is 0 Å². The van der Waals surface area contributed by atoms with Crippen molar-refractivity contribution in [3.05, 3.63) is 34.3 Å². The van der Waals surface area contributed by atoms with Crippen LogP contribution in [0.4, 0.5) is 0 Å². The Kier molecular flexibility index (Phi) is 6.53. The predicted octanol–water partition coefficient (Wildman–Crippen LogP) is 4.30. The lowest BCUT2D eigenvalue weighted by Gasteiger charge is -2.34. The monoisotopic (exact) mass is 339 g/mol. The molecular weight excluding hydrogens is 314 g/mol. The van der Waals surface area contributed by atoms with E-state index in [1.165, 1.54) is 37.7 Å². The van der Waals surface area contributed by atoms with Gasteiger partial charge in [0.25, 0.3) is 0 Å². The normalized spacial score (nSPS) is 19.8. The average Bonchev–Trinajstić information content (AvgIpc) is 2.45. The molecule has 1 fully saturated rings. The van der Waals surface area contributed by atoms with Crippen molar-refractivity contribution >= 4 is 15.9 Å². The SMILES string of the molecule is CCOC(C(N)Cc1cccc(Br)c1)C1CCCCC1. The fraction of sp³-hybridized carbons (Fsp3) is 0.647. The van der Waals surface area contributed by atoms with E-state index < -0.39 is 0 Å². The van der Waals surface area contributed by atoms with E-state index in [2.05, 4.69) is 47.1 Å². The van der Waals surface area contributed by atoms with Crippen molar-refractivity contribution in [2.45, 2.75) is 57.6 Å². The molecule has 2 nitrogen and oxygen atoms in total. The summed E-state index contributed by atoms with van der Waals surface area (Å²) < 4.78 is 7.13. The summed E-state index contributed by atoms with van der Waals surface area (Å²) >= 11 is 3.52. The van der Waals surface area contributed by atoms with Crippen LogP contribution < -0.4 is 5.73 Å². The summed E-state index contributed by atoms with van der Waals surface area (Å²) in [7, 11) is 0. The highest BCUT2D eigenvalue weighted by molar-refractivity contribution is 9.10. The van der Waals surface area contributed by atoms with E-state index >= 15 is 0 Å². The van der Waals surface area contributed by atoms with Crippen LogP contribution in [-0.2, 0) is 11.2 Å². The van der Waals surface area contributed by atoms with Gasteiger partial charge in [-0.2, -0.15) is 0 Å². The lowest BCUT2D eigenvalue weighted by atomic mass is 9.81. The number of nitrogens with two attached hydrogens (primary N) is 1. The molecular formula is C17H26BrNO. The topological polar surface area (TPSA) is 35.2 Å². The maximum absolute atomic E-state index is 6.48. The van der Waals surface area contributed by atoms with Crippen LogP contribution in [0.3, 0.4) is 0 Å². The van der Waals surface area contributed by atoms with E-state index in [0.717, 1.165) is 17.5 Å². The molecule has 1 aromatic rings.